The predicted octanol–water partition coefficient (Wildman–Crippen LogP) is 0.195. The van der Waals surface area contributed by atoms with Gasteiger partial charge in [0.1, 0.15) is 11.5 Å². The molecule has 0 radical (unpaired) electrons. The van der Waals surface area contributed by atoms with Crippen LogP contribution in [0.25, 0.3) is 11.1 Å². The number of likely N-dealkylation sites (N-methyl/N-ethyl adjacent to an activating group) is 1. The smallest absolute Gasteiger partial charge is 0.319 e. The number of benzene rings is 2. The second-order valence-corrected chi connectivity index (χ2v) is 12.2. The van der Waals surface area contributed by atoms with Crippen molar-refractivity contribution in [2.75, 3.05) is 34.4 Å². The molecule has 6 atom stereocenters. The Bertz CT molecular complexity index is 1650. The van der Waals surface area contributed by atoms with Crippen LogP contribution in [0.2, 0.25) is 0 Å². The number of phenols is 1. The van der Waals surface area contributed by atoms with Gasteiger partial charge in [-0.15, -0.1) is 0 Å². The summed E-state index contributed by atoms with van der Waals surface area (Å²) >= 11 is 0. The van der Waals surface area contributed by atoms with Crippen LogP contribution >= 0.6 is 0 Å². The maximum absolute atomic E-state index is 14.1. The van der Waals surface area contributed by atoms with Crippen molar-refractivity contribution in [1.82, 2.24) is 10.2 Å². The topological polar surface area (TPSA) is 203 Å². The highest BCUT2D eigenvalue weighted by Crippen LogP contribution is 2.52. The third kappa shape index (κ3) is 5.17. The molecule has 5 N–H and O–H groups in total. The minimum Gasteiger partial charge on any atom is -0.507 e. The summed E-state index contributed by atoms with van der Waals surface area (Å²) in [7, 11) is 4.56. The SMILES string of the molecule is CCOC(=O)CNCc1ccc(OC)c(-c2ccc(O)c3c2CC2CC4C(N(C)C)C(=O)C(C(N)=O)C(=O)C4(O)C(=O)C2C3=O)c1. The number of carbonyl (C=O) groups excluding carboxylic acids is 6. The van der Waals surface area contributed by atoms with E-state index in [1.165, 1.54) is 32.2 Å². The summed E-state index contributed by atoms with van der Waals surface area (Å²) in [4.78, 5) is 80.4. The third-order valence-corrected chi connectivity index (χ3v) is 9.40. The molecule has 0 spiro atoms. The average molecular weight is 636 g/mol. The number of amides is 1. The summed E-state index contributed by atoms with van der Waals surface area (Å²) in [5.74, 6) is -11.1. The molecular weight excluding hydrogens is 598 g/mol. The van der Waals surface area contributed by atoms with E-state index in [0.29, 0.717) is 29.0 Å². The fraction of sp³-hybridized carbons (Fsp3) is 0.455. The van der Waals surface area contributed by atoms with E-state index in [-0.39, 0.29) is 37.3 Å². The van der Waals surface area contributed by atoms with E-state index in [1.807, 2.05) is 12.1 Å². The van der Waals surface area contributed by atoms with Gasteiger partial charge in [-0.2, -0.15) is 0 Å². The number of nitrogens with two attached hydrogens (primary N) is 1. The minimum absolute atomic E-state index is 0.00204. The summed E-state index contributed by atoms with van der Waals surface area (Å²) in [5, 5.41) is 25.7. The maximum atomic E-state index is 14.1. The van der Waals surface area contributed by atoms with Crippen LogP contribution in [-0.2, 0) is 41.7 Å². The summed E-state index contributed by atoms with van der Waals surface area (Å²) in [6.07, 6.45) is 0.0397. The number of primary amides is 1. The highest BCUT2D eigenvalue weighted by Gasteiger charge is 2.69. The highest BCUT2D eigenvalue weighted by molar-refractivity contribution is 6.32. The zero-order chi connectivity index (χ0) is 33.7. The Labute approximate surface area is 265 Å². The molecule has 13 heteroatoms. The van der Waals surface area contributed by atoms with Gasteiger partial charge in [0, 0.05) is 18.0 Å². The second kappa shape index (κ2) is 12.4. The molecule has 0 saturated heterocycles. The number of esters is 1. The Hall–Kier alpha value is -4.46. The van der Waals surface area contributed by atoms with E-state index < -0.39 is 70.3 Å². The van der Waals surface area contributed by atoms with Gasteiger partial charge in [0.15, 0.2) is 34.7 Å². The fourth-order valence-corrected chi connectivity index (χ4v) is 7.45. The molecule has 2 aromatic rings. The normalized spacial score (nSPS) is 27.1. The van der Waals surface area contributed by atoms with Crippen LogP contribution in [-0.4, -0.2) is 96.1 Å². The number of carbonyl (C=O) groups is 6. The molecule has 0 aliphatic heterocycles. The second-order valence-electron chi connectivity index (χ2n) is 12.2. The van der Waals surface area contributed by atoms with Gasteiger partial charge in [-0.1, -0.05) is 12.1 Å². The van der Waals surface area contributed by atoms with E-state index in [1.54, 1.807) is 19.1 Å². The highest BCUT2D eigenvalue weighted by atomic mass is 16.5. The Balaban J connectivity index is 1.57. The standard InChI is InChI=1S/C33H37N3O10/c1-5-46-23(38)14-35-13-15-6-9-22(45-4)18(10-15)17-7-8-21(37)25-19(17)11-16-12-20-27(36(2)3)29(40)26(32(34)43)31(42)33(20,44)30(41)24(16)28(25)39/h6-10,16,20,24,26-27,35,37,44H,5,11-14H2,1-4H3,(H2,34,43). The van der Waals surface area contributed by atoms with E-state index in [9.17, 15) is 39.0 Å². The quantitative estimate of drug-likeness (QED) is 0.216. The van der Waals surface area contributed by atoms with Gasteiger partial charge < -0.3 is 30.7 Å². The largest absolute Gasteiger partial charge is 0.507 e. The first kappa shape index (κ1) is 32.9. The zero-order valence-electron chi connectivity index (χ0n) is 26.0. The number of fused-ring (bicyclic) bond motifs is 3. The van der Waals surface area contributed by atoms with Gasteiger partial charge in [0.05, 0.1) is 37.8 Å². The summed E-state index contributed by atoms with van der Waals surface area (Å²) in [6, 6.07) is 7.16. The lowest BCUT2D eigenvalue weighted by atomic mass is 9.52. The van der Waals surface area contributed by atoms with Crippen molar-refractivity contribution >= 4 is 35.0 Å². The summed E-state index contributed by atoms with van der Waals surface area (Å²) in [6.45, 7) is 2.30. The number of Topliss-reactive ketones (excluding diaryl/α,β-unsaturated/α-hetero) is 4. The Kier molecular flexibility index (Phi) is 8.86. The average Bonchev–Trinajstić information content (AvgIpc) is 2.99. The van der Waals surface area contributed by atoms with Crippen molar-refractivity contribution in [3.05, 3.63) is 47.0 Å². The van der Waals surface area contributed by atoms with Gasteiger partial charge in [-0.25, -0.2) is 0 Å². The minimum atomic E-state index is -2.79. The van der Waals surface area contributed by atoms with E-state index in [4.69, 9.17) is 15.2 Å². The van der Waals surface area contributed by atoms with Crippen LogP contribution in [0.15, 0.2) is 30.3 Å². The Morgan fingerprint density at radius 2 is 1.80 bits per heavy atom. The molecule has 0 heterocycles. The first-order valence-electron chi connectivity index (χ1n) is 15.0. The van der Waals surface area contributed by atoms with Crippen LogP contribution in [0.1, 0.15) is 34.8 Å². The fourth-order valence-electron chi connectivity index (χ4n) is 7.45. The maximum Gasteiger partial charge on any atom is 0.319 e. The lowest BCUT2D eigenvalue weighted by Gasteiger charge is -2.52. The summed E-state index contributed by atoms with van der Waals surface area (Å²) < 4.78 is 10.6. The third-order valence-electron chi connectivity index (χ3n) is 9.40. The monoisotopic (exact) mass is 635 g/mol. The number of aliphatic hydroxyl groups is 1. The molecule has 6 unspecified atom stereocenters. The number of hydrogen-bond acceptors (Lipinski definition) is 12. The number of nitrogens with one attached hydrogen (secondary N) is 1. The van der Waals surface area contributed by atoms with Crippen molar-refractivity contribution in [1.29, 1.82) is 0 Å². The molecule has 5 rings (SSSR count). The zero-order valence-corrected chi connectivity index (χ0v) is 26.0. The van der Waals surface area contributed by atoms with E-state index >= 15 is 0 Å². The lowest BCUT2D eigenvalue weighted by Crippen LogP contribution is -2.74. The molecule has 2 fully saturated rings. The van der Waals surface area contributed by atoms with Crippen molar-refractivity contribution in [3.63, 3.8) is 0 Å². The summed E-state index contributed by atoms with van der Waals surface area (Å²) in [5.41, 5.74) is 4.87. The van der Waals surface area contributed by atoms with Crippen molar-refractivity contribution in [2.24, 2.45) is 29.4 Å². The molecule has 1 amide bonds. The predicted molar refractivity (Wildman–Crippen MR) is 162 cm³/mol. The number of ether oxygens (including phenoxy) is 2. The molecule has 13 nitrogen and oxygen atoms in total. The first-order chi connectivity index (χ1) is 21.8. The number of phenolic OH excluding ortho intramolecular Hbond substituents is 1. The molecule has 0 bridgehead atoms. The molecule has 2 saturated carbocycles. The number of nitrogens with zero attached hydrogens (tertiary/aromatic N) is 1. The number of aromatic hydroxyl groups is 1. The number of hydrogen-bond donors (Lipinski definition) is 4. The first-order valence-corrected chi connectivity index (χ1v) is 15.0. The molecule has 244 valence electrons. The van der Waals surface area contributed by atoms with Crippen LogP contribution in [0.4, 0.5) is 0 Å². The molecule has 0 aromatic heterocycles. The van der Waals surface area contributed by atoms with E-state index in [2.05, 4.69) is 5.32 Å². The number of rotatable bonds is 9. The number of methoxy groups -OCH3 is 1. The molecule has 3 aliphatic carbocycles. The van der Waals surface area contributed by atoms with Gasteiger partial charge in [0.25, 0.3) is 0 Å². The van der Waals surface area contributed by atoms with Crippen LogP contribution < -0.4 is 15.8 Å². The van der Waals surface area contributed by atoms with E-state index in [0.717, 1.165) is 5.56 Å². The molecule has 3 aliphatic rings. The lowest BCUT2D eigenvalue weighted by molar-refractivity contribution is -0.181. The molecule has 46 heavy (non-hydrogen) atoms. The van der Waals surface area contributed by atoms with Crippen LogP contribution in [0, 0.1) is 23.7 Å². The van der Waals surface area contributed by atoms with Crippen molar-refractivity contribution in [2.45, 2.75) is 38.0 Å². The van der Waals surface area contributed by atoms with Crippen LogP contribution in [0.5, 0.6) is 11.5 Å². The molecular formula is C33H37N3O10. The van der Waals surface area contributed by atoms with Gasteiger partial charge in [-0.05, 0) is 74.7 Å². The molecule has 2 aromatic carbocycles. The van der Waals surface area contributed by atoms with Gasteiger partial charge in [0.2, 0.25) is 5.91 Å². The van der Waals surface area contributed by atoms with Crippen molar-refractivity contribution in [3.8, 4) is 22.6 Å². The number of ketones is 4. The Morgan fingerprint density at radius 3 is 2.43 bits per heavy atom. The Morgan fingerprint density at radius 1 is 1.09 bits per heavy atom. The van der Waals surface area contributed by atoms with Crippen molar-refractivity contribution < 1.29 is 48.5 Å². The van der Waals surface area contributed by atoms with Gasteiger partial charge >= 0.3 is 5.97 Å². The van der Waals surface area contributed by atoms with Gasteiger partial charge in [-0.3, -0.25) is 33.7 Å². The van der Waals surface area contributed by atoms with Crippen LogP contribution in [0.3, 0.4) is 0 Å².